The Hall–Kier alpha value is -2.55. The van der Waals surface area contributed by atoms with Crippen molar-refractivity contribution in [2.24, 2.45) is 0 Å². The largest absolute Gasteiger partial charge is 0.383 e. The molecule has 1 aromatic carbocycles. The maximum absolute atomic E-state index is 13.0. The van der Waals surface area contributed by atoms with Crippen molar-refractivity contribution in [1.29, 1.82) is 5.26 Å². The van der Waals surface area contributed by atoms with Crippen LogP contribution in [0.2, 0.25) is 0 Å². The molecule has 0 unspecified atom stereocenters. The number of rotatable bonds is 2. The van der Waals surface area contributed by atoms with Gasteiger partial charge in [-0.3, -0.25) is 0 Å². The van der Waals surface area contributed by atoms with Gasteiger partial charge in [0.1, 0.15) is 23.3 Å². The first-order valence-electron chi connectivity index (χ1n) is 4.88. The SMILES string of the molecule is N#Cc1c(N)nn(Cc2cccc(F)c2)c1N. The Kier molecular flexibility index (Phi) is 2.66. The van der Waals surface area contributed by atoms with Crippen molar-refractivity contribution in [3.8, 4) is 6.07 Å². The second kappa shape index (κ2) is 4.14. The van der Waals surface area contributed by atoms with E-state index in [9.17, 15) is 4.39 Å². The highest BCUT2D eigenvalue weighted by Gasteiger charge is 2.12. The van der Waals surface area contributed by atoms with Crippen molar-refractivity contribution in [2.75, 3.05) is 11.5 Å². The summed E-state index contributed by atoms with van der Waals surface area (Å²) in [5, 5.41) is 12.7. The molecule has 5 nitrogen and oxygen atoms in total. The number of anilines is 2. The average molecular weight is 231 g/mol. The van der Waals surface area contributed by atoms with E-state index in [2.05, 4.69) is 5.10 Å². The highest BCUT2D eigenvalue weighted by molar-refractivity contribution is 5.61. The highest BCUT2D eigenvalue weighted by atomic mass is 19.1. The van der Waals surface area contributed by atoms with E-state index in [1.807, 2.05) is 6.07 Å². The quantitative estimate of drug-likeness (QED) is 0.809. The summed E-state index contributed by atoms with van der Waals surface area (Å²) < 4.78 is 14.4. The first-order valence-corrected chi connectivity index (χ1v) is 4.88. The van der Waals surface area contributed by atoms with Crippen LogP contribution >= 0.6 is 0 Å². The molecule has 17 heavy (non-hydrogen) atoms. The van der Waals surface area contributed by atoms with Crippen molar-refractivity contribution in [2.45, 2.75) is 6.54 Å². The van der Waals surface area contributed by atoms with E-state index in [-0.39, 0.29) is 29.6 Å². The number of nitriles is 1. The van der Waals surface area contributed by atoms with Crippen LogP contribution in [0.5, 0.6) is 0 Å². The van der Waals surface area contributed by atoms with Gasteiger partial charge in [0.25, 0.3) is 0 Å². The van der Waals surface area contributed by atoms with Gasteiger partial charge in [-0.15, -0.1) is 0 Å². The molecule has 0 spiro atoms. The Bertz CT molecular complexity index is 596. The Labute approximate surface area is 97.1 Å². The van der Waals surface area contributed by atoms with Crippen molar-refractivity contribution in [3.63, 3.8) is 0 Å². The third-order valence-corrected chi connectivity index (χ3v) is 2.35. The van der Waals surface area contributed by atoms with Gasteiger partial charge in [0, 0.05) is 0 Å². The molecule has 0 atom stereocenters. The summed E-state index contributed by atoms with van der Waals surface area (Å²) in [6.45, 7) is 0.273. The zero-order valence-corrected chi connectivity index (χ0v) is 8.89. The number of nitrogen functional groups attached to an aromatic ring is 2. The van der Waals surface area contributed by atoms with Crippen LogP contribution in [0.1, 0.15) is 11.1 Å². The molecule has 0 aliphatic carbocycles. The van der Waals surface area contributed by atoms with E-state index < -0.39 is 0 Å². The molecule has 0 bridgehead atoms. The third kappa shape index (κ3) is 2.03. The standard InChI is InChI=1S/C11H10FN5/c12-8-3-1-2-7(4-8)6-17-11(15)9(5-13)10(14)16-17/h1-4H,6,15H2,(H2,14,16). The molecular formula is C11H10FN5. The van der Waals surface area contributed by atoms with Gasteiger partial charge >= 0.3 is 0 Å². The normalized spacial score (nSPS) is 10.1. The second-order valence-electron chi connectivity index (χ2n) is 3.54. The molecule has 0 saturated carbocycles. The van der Waals surface area contributed by atoms with Gasteiger partial charge in [0.15, 0.2) is 5.82 Å². The van der Waals surface area contributed by atoms with Crippen LogP contribution in [0.25, 0.3) is 0 Å². The van der Waals surface area contributed by atoms with Gasteiger partial charge in [-0.05, 0) is 17.7 Å². The molecule has 0 fully saturated rings. The number of nitrogens with zero attached hydrogens (tertiary/aromatic N) is 3. The molecule has 0 aliphatic rings. The zero-order chi connectivity index (χ0) is 12.4. The molecule has 1 heterocycles. The highest BCUT2D eigenvalue weighted by Crippen LogP contribution is 2.18. The van der Waals surface area contributed by atoms with E-state index in [0.29, 0.717) is 5.56 Å². The van der Waals surface area contributed by atoms with E-state index in [4.69, 9.17) is 16.7 Å². The van der Waals surface area contributed by atoms with E-state index in [1.54, 1.807) is 12.1 Å². The molecule has 4 N–H and O–H groups in total. The lowest BCUT2D eigenvalue weighted by molar-refractivity contribution is 0.620. The monoisotopic (exact) mass is 231 g/mol. The van der Waals surface area contributed by atoms with Crippen molar-refractivity contribution >= 4 is 11.6 Å². The van der Waals surface area contributed by atoms with Crippen LogP contribution in [0.15, 0.2) is 24.3 Å². The average Bonchev–Trinajstić information content (AvgIpc) is 2.54. The van der Waals surface area contributed by atoms with Gasteiger partial charge in [0.05, 0.1) is 6.54 Å². The van der Waals surface area contributed by atoms with Crippen LogP contribution in [0.4, 0.5) is 16.0 Å². The number of hydrogen-bond acceptors (Lipinski definition) is 4. The van der Waals surface area contributed by atoms with Crippen molar-refractivity contribution in [1.82, 2.24) is 9.78 Å². The molecule has 2 aromatic rings. The summed E-state index contributed by atoms with van der Waals surface area (Å²) in [5.41, 5.74) is 12.1. The van der Waals surface area contributed by atoms with Gasteiger partial charge in [-0.2, -0.15) is 10.4 Å². The Morgan fingerprint density at radius 2 is 2.18 bits per heavy atom. The molecule has 0 saturated heterocycles. The minimum atomic E-state index is -0.332. The predicted octanol–water partition coefficient (Wildman–Crippen LogP) is 1.11. The lowest BCUT2D eigenvalue weighted by atomic mass is 10.2. The first-order chi connectivity index (χ1) is 8.11. The Morgan fingerprint density at radius 3 is 2.76 bits per heavy atom. The number of halogens is 1. The van der Waals surface area contributed by atoms with Gasteiger partial charge in [-0.25, -0.2) is 9.07 Å². The number of benzene rings is 1. The fourth-order valence-corrected chi connectivity index (χ4v) is 1.54. The van der Waals surface area contributed by atoms with Crippen LogP contribution in [-0.4, -0.2) is 9.78 Å². The van der Waals surface area contributed by atoms with Gasteiger partial charge < -0.3 is 11.5 Å². The summed E-state index contributed by atoms with van der Waals surface area (Å²) in [4.78, 5) is 0. The third-order valence-electron chi connectivity index (χ3n) is 2.35. The lowest BCUT2D eigenvalue weighted by Crippen LogP contribution is -2.06. The Morgan fingerprint density at radius 1 is 1.41 bits per heavy atom. The van der Waals surface area contributed by atoms with E-state index in [1.165, 1.54) is 16.8 Å². The van der Waals surface area contributed by atoms with Gasteiger partial charge in [0.2, 0.25) is 0 Å². The minimum absolute atomic E-state index is 0.0846. The molecule has 6 heteroatoms. The van der Waals surface area contributed by atoms with Gasteiger partial charge in [-0.1, -0.05) is 12.1 Å². The molecule has 0 radical (unpaired) electrons. The molecule has 0 amide bonds. The van der Waals surface area contributed by atoms with Crippen molar-refractivity contribution in [3.05, 3.63) is 41.2 Å². The maximum atomic E-state index is 13.0. The smallest absolute Gasteiger partial charge is 0.165 e. The second-order valence-corrected chi connectivity index (χ2v) is 3.54. The summed E-state index contributed by atoms with van der Waals surface area (Å²) in [5.74, 6) is -0.0580. The molecule has 2 rings (SSSR count). The fourth-order valence-electron chi connectivity index (χ4n) is 1.54. The summed E-state index contributed by atoms with van der Waals surface area (Å²) in [6.07, 6.45) is 0. The van der Waals surface area contributed by atoms with Crippen molar-refractivity contribution < 1.29 is 4.39 Å². The van der Waals surface area contributed by atoms with Crippen LogP contribution in [0.3, 0.4) is 0 Å². The summed E-state index contributed by atoms with van der Waals surface area (Å²) >= 11 is 0. The van der Waals surface area contributed by atoms with Crippen LogP contribution < -0.4 is 11.5 Å². The maximum Gasteiger partial charge on any atom is 0.165 e. The molecule has 0 aliphatic heterocycles. The fraction of sp³-hybridized carbons (Fsp3) is 0.0909. The number of aromatic nitrogens is 2. The molecular weight excluding hydrogens is 221 g/mol. The Balaban J connectivity index is 2.34. The summed E-state index contributed by atoms with van der Waals surface area (Å²) in [6, 6.07) is 7.94. The summed E-state index contributed by atoms with van der Waals surface area (Å²) in [7, 11) is 0. The van der Waals surface area contributed by atoms with E-state index in [0.717, 1.165) is 0 Å². The first kappa shape index (κ1) is 11.0. The minimum Gasteiger partial charge on any atom is -0.383 e. The molecule has 1 aromatic heterocycles. The zero-order valence-electron chi connectivity index (χ0n) is 8.89. The lowest BCUT2D eigenvalue weighted by Gasteiger charge is -2.03. The number of nitrogens with two attached hydrogens (primary N) is 2. The topological polar surface area (TPSA) is 93.6 Å². The molecule has 86 valence electrons. The van der Waals surface area contributed by atoms with Crippen LogP contribution in [-0.2, 0) is 6.54 Å². The predicted molar refractivity (Wildman–Crippen MR) is 61.3 cm³/mol. The van der Waals surface area contributed by atoms with E-state index >= 15 is 0 Å². The van der Waals surface area contributed by atoms with Crippen LogP contribution in [0, 0.1) is 17.1 Å². The number of hydrogen-bond donors (Lipinski definition) is 2.